The first-order valence-corrected chi connectivity index (χ1v) is 9.81. The number of rotatable bonds is 2. The average Bonchev–Trinajstić information content (AvgIpc) is 2.41. The number of amides is 1. The Hall–Kier alpha value is -0.350. The van der Waals surface area contributed by atoms with Gasteiger partial charge in [0.25, 0.3) is 0 Å². The summed E-state index contributed by atoms with van der Waals surface area (Å²) in [5.74, 6) is 2.79. The average molecular weight is 427 g/mol. The second kappa shape index (κ2) is 5.34. The molecule has 0 aliphatic heterocycles. The van der Waals surface area contributed by atoms with Gasteiger partial charge in [-0.2, -0.15) is 0 Å². The van der Waals surface area contributed by atoms with Crippen molar-refractivity contribution in [2.75, 3.05) is 5.32 Å². The van der Waals surface area contributed by atoms with Crippen LogP contribution in [-0.2, 0) is 10.2 Å². The van der Waals surface area contributed by atoms with Crippen LogP contribution in [0.5, 0.6) is 0 Å². The topological polar surface area (TPSA) is 29.1 Å². The van der Waals surface area contributed by atoms with Gasteiger partial charge in [0, 0.05) is 15.9 Å². The highest BCUT2D eigenvalue weighted by Crippen LogP contribution is 2.61. The lowest BCUT2D eigenvalue weighted by Gasteiger charge is -2.57. The van der Waals surface area contributed by atoms with Crippen molar-refractivity contribution in [3.63, 3.8) is 0 Å². The van der Waals surface area contributed by atoms with E-state index in [0.717, 1.165) is 32.4 Å². The van der Waals surface area contributed by atoms with E-state index in [9.17, 15) is 4.79 Å². The van der Waals surface area contributed by atoms with E-state index in [1.165, 1.54) is 44.1 Å². The predicted molar refractivity (Wildman–Crippen MR) is 96.0 cm³/mol. The van der Waals surface area contributed by atoms with Crippen molar-refractivity contribution in [3.05, 3.63) is 26.6 Å². The fourth-order valence-electron chi connectivity index (χ4n) is 5.64. The van der Waals surface area contributed by atoms with Gasteiger partial charge in [-0.1, -0.05) is 0 Å². The van der Waals surface area contributed by atoms with E-state index in [4.69, 9.17) is 0 Å². The molecule has 0 aromatic heterocycles. The Morgan fingerprint density at radius 3 is 1.91 bits per heavy atom. The van der Waals surface area contributed by atoms with Crippen LogP contribution >= 0.6 is 31.9 Å². The molecule has 0 spiro atoms. The quantitative estimate of drug-likeness (QED) is 0.651. The standard InChI is InChI=1S/C18H21Br2NO/c1-10(22)21-17-15(19)5-14(6-16(17)20)18-7-11-2-12(8-18)4-13(3-11)9-18/h5-6,11-13H,2-4,7-9H2,1H3,(H,21,22). The first kappa shape index (κ1) is 15.2. The maximum Gasteiger partial charge on any atom is 0.221 e. The van der Waals surface area contributed by atoms with Gasteiger partial charge in [-0.15, -0.1) is 0 Å². The number of benzene rings is 1. The van der Waals surface area contributed by atoms with Gasteiger partial charge in [0.2, 0.25) is 5.91 Å². The van der Waals surface area contributed by atoms with E-state index < -0.39 is 0 Å². The van der Waals surface area contributed by atoms with Crippen LogP contribution in [0.3, 0.4) is 0 Å². The van der Waals surface area contributed by atoms with Crippen molar-refractivity contribution in [3.8, 4) is 0 Å². The van der Waals surface area contributed by atoms with E-state index in [2.05, 4.69) is 49.3 Å². The lowest BCUT2D eigenvalue weighted by Crippen LogP contribution is -2.48. The molecular weight excluding hydrogens is 406 g/mol. The summed E-state index contributed by atoms with van der Waals surface area (Å²) in [5, 5.41) is 2.91. The van der Waals surface area contributed by atoms with Crippen molar-refractivity contribution < 1.29 is 4.79 Å². The molecule has 4 bridgehead atoms. The Kier molecular flexibility index (Phi) is 3.69. The molecule has 22 heavy (non-hydrogen) atoms. The SMILES string of the molecule is CC(=O)Nc1c(Br)cc(C23CC4CC(CC(C4)C2)C3)cc1Br. The third-order valence-corrected chi connectivity index (χ3v) is 7.24. The van der Waals surface area contributed by atoms with Gasteiger partial charge < -0.3 is 5.32 Å². The Labute approximate surface area is 148 Å². The molecule has 2 nitrogen and oxygen atoms in total. The molecule has 1 N–H and O–H groups in total. The van der Waals surface area contributed by atoms with Gasteiger partial charge in [0.15, 0.2) is 0 Å². The number of hydrogen-bond donors (Lipinski definition) is 1. The molecule has 0 heterocycles. The number of anilines is 1. The minimum atomic E-state index is -0.0380. The van der Waals surface area contributed by atoms with Crippen LogP contribution in [0.1, 0.15) is 51.0 Å². The third kappa shape index (κ3) is 2.47. The number of carbonyl (C=O) groups excluding carboxylic acids is 1. The van der Waals surface area contributed by atoms with Gasteiger partial charge in [0.1, 0.15) is 0 Å². The molecule has 1 aromatic rings. The monoisotopic (exact) mass is 425 g/mol. The van der Waals surface area contributed by atoms with E-state index in [-0.39, 0.29) is 5.91 Å². The Bertz CT molecular complexity index is 582. The number of nitrogens with one attached hydrogen (secondary N) is 1. The van der Waals surface area contributed by atoms with Gasteiger partial charge >= 0.3 is 0 Å². The number of halogens is 2. The van der Waals surface area contributed by atoms with Crippen molar-refractivity contribution in [2.24, 2.45) is 17.8 Å². The van der Waals surface area contributed by atoms with Crippen LogP contribution < -0.4 is 5.32 Å². The summed E-state index contributed by atoms with van der Waals surface area (Å²) in [5.41, 5.74) is 2.69. The smallest absolute Gasteiger partial charge is 0.221 e. The minimum Gasteiger partial charge on any atom is -0.324 e. The molecule has 5 rings (SSSR count). The van der Waals surface area contributed by atoms with E-state index in [1.807, 2.05) is 0 Å². The highest BCUT2D eigenvalue weighted by Gasteiger charge is 2.51. The summed E-state index contributed by atoms with van der Waals surface area (Å²) in [6, 6.07) is 4.51. The van der Waals surface area contributed by atoms with E-state index in [1.54, 1.807) is 6.92 Å². The zero-order chi connectivity index (χ0) is 15.5. The molecule has 0 unspecified atom stereocenters. The van der Waals surface area contributed by atoms with Crippen LogP contribution in [-0.4, -0.2) is 5.91 Å². The molecule has 0 saturated heterocycles. The Morgan fingerprint density at radius 1 is 1.05 bits per heavy atom. The van der Waals surface area contributed by atoms with E-state index >= 15 is 0 Å². The minimum absolute atomic E-state index is 0.0380. The van der Waals surface area contributed by atoms with Crippen LogP contribution in [0.2, 0.25) is 0 Å². The van der Waals surface area contributed by atoms with Crippen LogP contribution in [0, 0.1) is 17.8 Å². The largest absolute Gasteiger partial charge is 0.324 e. The van der Waals surface area contributed by atoms with Gasteiger partial charge in [-0.05, 0) is 111 Å². The van der Waals surface area contributed by atoms with Crippen molar-refractivity contribution in [1.82, 2.24) is 0 Å². The zero-order valence-electron chi connectivity index (χ0n) is 12.8. The Morgan fingerprint density at radius 2 is 1.50 bits per heavy atom. The molecule has 1 aromatic carbocycles. The predicted octanol–water partition coefficient (Wildman–Crippen LogP) is 5.64. The highest BCUT2D eigenvalue weighted by molar-refractivity contribution is 9.11. The normalized spacial score (nSPS) is 35.7. The molecule has 0 atom stereocenters. The molecule has 4 aliphatic carbocycles. The first-order valence-electron chi connectivity index (χ1n) is 8.22. The molecule has 4 heteroatoms. The maximum absolute atomic E-state index is 11.4. The summed E-state index contributed by atoms with van der Waals surface area (Å²) in [4.78, 5) is 11.4. The second-order valence-corrected chi connectivity index (χ2v) is 9.40. The second-order valence-electron chi connectivity index (χ2n) is 7.69. The fourth-order valence-corrected chi connectivity index (χ4v) is 7.02. The number of carbonyl (C=O) groups is 1. The molecular formula is C18H21Br2NO. The molecule has 4 aliphatic rings. The summed E-state index contributed by atoms with van der Waals surface area (Å²) in [7, 11) is 0. The van der Waals surface area contributed by atoms with Crippen molar-refractivity contribution in [1.29, 1.82) is 0 Å². The maximum atomic E-state index is 11.4. The number of hydrogen-bond acceptors (Lipinski definition) is 1. The zero-order valence-corrected chi connectivity index (χ0v) is 16.0. The van der Waals surface area contributed by atoms with E-state index in [0.29, 0.717) is 5.41 Å². The molecule has 0 radical (unpaired) electrons. The summed E-state index contributed by atoms with van der Waals surface area (Å²) in [6.45, 7) is 1.55. The highest BCUT2D eigenvalue weighted by atomic mass is 79.9. The van der Waals surface area contributed by atoms with Crippen LogP contribution in [0.4, 0.5) is 5.69 Å². The molecule has 4 fully saturated rings. The summed E-state index contributed by atoms with van der Waals surface area (Å²) in [6.07, 6.45) is 8.47. The van der Waals surface area contributed by atoms with Gasteiger partial charge in [-0.3, -0.25) is 4.79 Å². The van der Waals surface area contributed by atoms with Crippen LogP contribution in [0.15, 0.2) is 21.1 Å². The van der Waals surface area contributed by atoms with Crippen molar-refractivity contribution >= 4 is 43.5 Å². The Balaban J connectivity index is 1.72. The van der Waals surface area contributed by atoms with Gasteiger partial charge in [-0.25, -0.2) is 0 Å². The third-order valence-electron chi connectivity index (χ3n) is 5.99. The molecule has 4 saturated carbocycles. The summed E-state index contributed by atoms with van der Waals surface area (Å²) >= 11 is 7.32. The lowest BCUT2D eigenvalue weighted by molar-refractivity contribution is -0.114. The molecule has 1 amide bonds. The summed E-state index contributed by atoms with van der Waals surface area (Å²) < 4.78 is 1.98. The van der Waals surface area contributed by atoms with Crippen molar-refractivity contribution in [2.45, 2.75) is 50.9 Å². The fraction of sp³-hybridized carbons (Fsp3) is 0.611. The first-order chi connectivity index (χ1) is 10.4. The van der Waals surface area contributed by atoms with Crippen LogP contribution in [0.25, 0.3) is 0 Å². The molecule has 118 valence electrons. The van der Waals surface area contributed by atoms with Gasteiger partial charge in [0.05, 0.1) is 5.69 Å². The lowest BCUT2D eigenvalue weighted by atomic mass is 9.48.